The van der Waals surface area contributed by atoms with E-state index in [4.69, 9.17) is 0 Å². The number of rotatable bonds is 0. The number of hydrogen-bond acceptors (Lipinski definition) is 29. The van der Waals surface area contributed by atoms with E-state index in [0.717, 1.165) is 0 Å². The van der Waals surface area contributed by atoms with Crippen LogP contribution < -0.4 is 0 Å². The first-order valence-electron chi connectivity index (χ1n) is 25.8. The number of aromatic nitrogens is 29. The van der Waals surface area contributed by atoms with E-state index < -0.39 is 0 Å². The van der Waals surface area contributed by atoms with Crippen molar-refractivity contribution in [2.24, 2.45) is 0 Å². The number of hydrogen-bond donors (Lipinski definition) is 0. The van der Waals surface area contributed by atoms with Crippen LogP contribution in [0.1, 0.15) is 0 Å². The summed E-state index contributed by atoms with van der Waals surface area (Å²) in [6.07, 6.45) is 53.9. The van der Waals surface area contributed by atoms with Gasteiger partial charge in [-0.05, 0) is 130 Å². The molecule has 0 atom stereocenters. The highest BCUT2D eigenvalue weighted by Crippen LogP contribution is 1.81. The highest BCUT2D eigenvalue weighted by Gasteiger charge is 1.67. The Morgan fingerprint density at radius 2 is 0.267 bits per heavy atom. The van der Waals surface area contributed by atoms with Gasteiger partial charge in [-0.25, -0.2) is 24.9 Å². The monoisotopic (exact) mass is 1200 g/mol. The lowest BCUT2D eigenvalue weighted by Crippen LogP contribution is -1.84. The standard InChI is InChI=1S/C6H6.4C5H5N.6C4H4N2.3C3H3N3.C2H2N4/c5*1-2-4-6-5-3-1;1-2-6-4-3-5-1;2*1-2-5-4-6-3-1;3*1-2-4-6-5-3-1;1-2-5-6-3-4-1;3*1-2-4-6-5-3-1/h1-6H;4*1-5H;6*1-4H;3*1-3H;1-2H. The zero-order valence-electron chi connectivity index (χ0n) is 48.2. The van der Waals surface area contributed by atoms with Crippen LogP contribution in [0.25, 0.3) is 0 Å². The highest BCUT2D eigenvalue weighted by molar-refractivity contribution is 4.99. The molecule has 0 N–H and O–H groups in total. The summed E-state index contributed by atoms with van der Waals surface area (Å²) in [4.78, 5) is 40.9. The molecule has 15 aromatic rings. The summed E-state index contributed by atoms with van der Waals surface area (Å²) in [6, 6.07) is 52.8. The predicted molar refractivity (Wildman–Crippen MR) is 333 cm³/mol. The van der Waals surface area contributed by atoms with Crippen LogP contribution in [-0.4, -0.2) is 147 Å². The molecule has 0 aliphatic heterocycles. The van der Waals surface area contributed by atoms with E-state index in [0.29, 0.717) is 0 Å². The Morgan fingerprint density at radius 3 is 0.356 bits per heavy atom. The van der Waals surface area contributed by atoms with E-state index >= 15 is 0 Å². The van der Waals surface area contributed by atoms with Crippen molar-refractivity contribution in [2.75, 3.05) is 0 Å². The van der Waals surface area contributed by atoms with E-state index in [9.17, 15) is 0 Å². The van der Waals surface area contributed by atoms with Crippen molar-refractivity contribution in [3.8, 4) is 0 Å². The topological polar surface area (TPSA) is 374 Å². The van der Waals surface area contributed by atoms with Crippen LogP contribution in [0.5, 0.6) is 0 Å². The molecule has 1 aromatic carbocycles. The van der Waals surface area contributed by atoms with Crippen molar-refractivity contribution >= 4 is 0 Å². The van der Waals surface area contributed by atoms with Crippen LogP contribution in [0.3, 0.4) is 0 Å². The summed E-state index contributed by atoms with van der Waals surface area (Å²) in [5, 5.41) is 61.4. The zero-order valence-corrected chi connectivity index (χ0v) is 48.2. The number of benzene rings is 1. The Hall–Kier alpha value is -13.7. The summed E-state index contributed by atoms with van der Waals surface area (Å²) in [7, 11) is 0. The summed E-state index contributed by atoms with van der Waals surface area (Å²) >= 11 is 0. The molecule has 0 amide bonds. The minimum atomic E-state index is 1.39. The molecule has 0 aliphatic carbocycles. The van der Waals surface area contributed by atoms with Crippen molar-refractivity contribution in [3.05, 3.63) is 375 Å². The molecule has 0 saturated heterocycles. The molecule has 0 saturated carbocycles. The Kier molecular flexibility index (Phi) is 58.9. The highest BCUT2D eigenvalue weighted by atomic mass is 15.4. The molecule has 0 unspecified atom stereocenters. The molecule has 0 radical (unpaired) electrons. The van der Waals surface area contributed by atoms with Crippen molar-refractivity contribution in [1.29, 1.82) is 0 Å². The van der Waals surface area contributed by atoms with Gasteiger partial charge in [0.1, 0.15) is 19.0 Å². The molecule has 0 aliphatic rings. The maximum Gasteiger partial charge on any atom is 0.138 e. The Bertz CT molecular complexity index is 2080. The third kappa shape index (κ3) is 68.5. The third-order valence-corrected chi connectivity index (χ3v) is 7.38. The van der Waals surface area contributed by atoms with Gasteiger partial charge in [0, 0.05) is 143 Å². The lowest BCUT2D eigenvalue weighted by Gasteiger charge is -1.70. The molecule has 14 aromatic heterocycles. The van der Waals surface area contributed by atoms with Gasteiger partial charge in [-0.1, -0.05) is 60.7 Å². The fourth-order valence-corrected chi connectivity index (χ4v) is 3.94. The third-order valence-electron chi connectivity index (χ3n) is 7.38. The first-order chi connectivity index (χ1) is 45.0. The summed E-state index contributed by atoms with van der Waals surface area (Å²) in [6.45, 7) is 0. The van der Waals surface area contributed by atoms with Gasteiger partial charge in [0.05, 0.1) is 43.4 Å². The average molecular weight is 1200 g/mol. The normalized spacial score (nSPS) is 8.00. The van der Waals surface area contributed by atoms with Crippen LogP contribution in [-0.2, 0) is 0 Å². The van der Waals surface area contributed by atoms with Gasteiger partial charge in [0.25, 0.3) is 0 Å². The molecule has 450 valence electrons. The van der Waals surface area contributed by atoms with Gasteiger partial charge in [-0.15, -0.1) is 35.7 Å². The van der Waals surface area contributed by atoms with Crippen molar-refractivity contribution < 1.29 is 0 Å². The van der Waals surface area contributed by atoms with Gasteiger partial charge in [0.15, 0.2) is 0 Å². The van der Waals surface area contributed by atoms with E-state index in [1.807, 2.05) is 146 Å². The van der Waals surface area contributed by atoms with Crippen molar-refractivity contribution in [1.82, 2.24) is 147 Å². The fourth-order valence-electron chi connectivity index (χ4n) is 3.94. The Morgan fingerprint density at radius 1 is 0.0889 bits per heavy atom. The molecular formula is C61H61N29. The molecule has 29 heteroatoms. The summed E-state index contributed by atoms with van der Waals surface area (Å²) in [5.41, 5.74) is 0. The van der Waals surface area contributed by atoms with Gasteiger partial charge < -0.3 is 0 Å². The Balaban J connectivity index is 0.000000482. The molecule has 29 nitrogen and oxygen atoms in total. The van der Waals surface area contributed by atoms with Gasteiger partial charge >= 0.3 is 0 Å². The summed E-state index contributed by atoms with van der Waals surface area (Å²) in [5.74, 6) is 0. The second-order valence-electron chi connectivity index (χ2n) is 13.8. The summed E-state index contributed by atoms with van der Waals surface area (Å²) < 4.78 is 0. The predicted octanol–water partition coefficient (Wildman–Crippen LogP) is 7.75. The van der Waals surface area contributed by atoms with Crippen LogP contribution in [0.2, 0.25) is 0 Å². The fraction of sp³-hybridized carbons (Fsp3) is 0. The molecular weight excluding hydrogens is 1140 g/mol. The lowest BCUT2D eigenvalue weighted by molar-refractivity contribution is 0.761. The van der Waals surface area contributed by atoms with Crippen LogP contribution >= 0.6 is 0 Å². The molecule has 0 bridgehead atoms. The van der Waals surface area contributed by atoms with E-state index in [2.05, 4.69) is 147 Å². The minimum Gasteiger partial charge on any atom is -0.265 e. The maximum absolute atomic E-state index is 3.78. The molecule has 0 fully saturated rings. The molecule has 90 heavy (non-hydrogen) atoms. The minimum absolute atomic E-state index is 1.39. The smallest absolute Gasteiger partial charge is 0.138 e. The zero-order chi connectivity index (χ0) is 63.6. The largest absolute Gasteiger partial charge is 0.265 e. The van der Waals surface area contributed by atoms with Crippen LogP contribution in [0.15, 0.2) is 375 Å². The second-order valence-corrected chi connectivity index (χ2v) is 13.8. The van der Waals surface area contributed by atoms with E-state index in [-0.39, 0.29) is 0 Å². The van der Waals surface area contributed by atoms with E-state index in [1.165, 1.54) is 37.6 Å². The second kappa shape index (κ2) is 71.4. The molecule has 0 spiro atoms. The van der Waals surface area contributed by atoms with Crippen molar-refractivity contribution in [3.63, 3.8) is 0 Å². The lowest BCUT2D eigenvalue weighted by atomic mass is 10.4. The van der Waals surface area contributed by atoms with Gasteiger partial charge in [-0.3, -0.25) is 29.9 Å². The van der Waals surface area contributed by atoms with Crippen molar-refractivity contribution in [2.45, 2.75) is 0 Å². The van der Waals surface area contributed by atoms with Crippen LogP contribution in [0.4, 0.5) is 0 Å². The maximum atomic E-state index is 3.78. The van der Waals surface area contributed by atoms with Gasteiger partial charge in [0.2, 0.25) is 0 Å². The SMILES string of the molecule is c1ccccc1.c1ccncc1.c1ccncc1.c1ccncc1.c1ccncc1.c1ccnnc1.c1ccnnc1.c1ccnnc1.c1cnccn1.c1cncnc1.c1cncnc1.c1cnncn1.c1cnnnc1.c1cnnnc1.c1cnnnn1. The molecule has 15 rings (SSSR count). The number of nitrogens with zero attached hydrogens (tertiary/aromatic N) is 29. The van der Waals surface area contributed by atoms with E-state index in [1.54, 1.807) is 192 Å². The van der Waals surface area contributed by atoms with Crippen LogP contribution in [0, 0.1) is 0 Å². The first-order valence-corrected chi connectivity index (χ1v) is 25.8. The molecule has 14 heterocycles. The first kappa shape index (κ1) is 74.3. The average Bonchev–Trinajstić information content (AvgIpc) is 3.70. The van der Waals surface area contributed by atoms with Gasteiger partial charge in [-0.2, -0.15) is 35.7 Å². The Labute approximate surface area is 519 Å². The quantitative estimate of drug-likeness (QED) is 0.140. The number of pyridine rings is 4.